The Morgan fingerprint density at radius 3 is 2.88 bits per heavy atom. The molecule has 0 radical (unpaired) electrons. The van der Waals surface area contributed by atoms with Crippen molar-refractivity contribution in [2.75, 3.05) is 19.6 Å². The van der Waals surface area contributed by atoms with Crippen molar-refractivity contribution >= 4 is 0 Å². The lowest BCUT2D eigenvalue weighted by atomic mass is 9.90. The number of nitrogens with zero attached hydrogens (tertiary/aromatic N) is 1. The van der Waals surface area contributed by atoms with Crippen molar-refractivity contribution in [3.63, 3.8) is 0 Å². The van der Waals surface area contributed by atoms with Crippen LogP contribution in [-0.4, -0.2) is 30.6 Å². The fourth-order valence-electron chi connectivity index (χ4n) is 3.26. The minimum absolute atomic E-state index is 0.733. The average Bonchev–Trinajstić information content (AvgIpc) is 2.39. The maximum absolute atomic E-state index is 3.54. The topological polar surface area (TPSA) is 15.3 Å². The summed E-state index contributed by atoms with van der Waals surface area (Å²) in [6.07, 6.45) is 2.54. The summed E-state index contributed by atoms with van der Waals surface area (Å²) in [5.74, 6) is 0.835. The van der Waals surface area contributed by atoms with Gasteiger partial charge in [0.15, 0.2) is 0 Å². The maximum Gasteiger partial charge on any atom is 0.0250 e. The van der Waals surface area contributed by atoms with Crippen LogP contribution in [0.4, 0.5) is 0 Å². The number of piperidine rings is 1. The highest BCUT2D eigenvalue weighted by Gasteiger charge is 2.29. The summed E-state index contributed by atoms with van der Waals surface area (Å²) in [7, 11) is 0. The fourth-order valence-corrected chi connectivity index (χ4v) is 3.26. The van der Waals surface area contributed by atoms with Crippen LogP contribution in [0.15, 0.2) is 24.3 Å². The Labute approximate surface area is 104 Å². The zero-order valence-electron chi connectivity index (χ0n) is 10.7. The predicted molar refractivity (Wildman–Crippen MR) is 71.0 cm³/mol. The first-order valence-corrected chi connectivity index (χ1v) is 6.86. The first-order valence-electron chi connectivity index (χ1n) is 6.86. The van der Waals surface area contributed by atoms with Crippen molar-refractivity contribution in [2.24, 2.45) is 5.92 Å². The highest BCUT2D eigenvalue weighted by Crippen LogP contribution is 2.25. The summed E-state index contributed by atoms with van der Waals surface area (Å²) in [6.45, 7) is 7.15. The molecule has 0 bridgehead atoms. The Morgan fingerprint density at radius 1 is 1.24 bits per heavy atom. The molecule has 0 spiro atoms. The van der Waals surface area contributed by atoms with E-state index >= 15 is 0 Å². The molecule has 1 fully saturated rings. The molecular formula is C15H22N2. The third-order valence-electron chi connectivity index (χ3n) is 4.42. The number of rotatable bonds is 1. The lowest BCUT2D eigenvalue weighted by Crippen LogP contribution is -2.51. The molecule has 2 unspecified atom stereocenters. The Bertz CT molecular complexity index is 388. The van der Waals surface area contributed by atoms with Gasteiger partial charge in [-0.2, -0.15) is 0 Å². The van der Waals surface area contributed by atoms with Crippen molar-refractivity contribution in [2.45, 2.75) is 32.4 Å². The molecule has 2 nitrogen and oxygen atoms in total. The number of benzene rings is 1. The van der Waals surface area contributed by atoms with Gasteiger partial charge in [-0.1, -0.05) is 31.2 Å². The van der Waals surface area contributed by atoms with Crippen molar-refractivity contribution < 1.29 is 0 Å². The van der Waals surface area contributed by atoms with E-state index in [0.717, 1.165) is 18.5 Å². The van der Waals surface area contributed by atoms with Gasteiger partial charge in [0, 0.05) is 25.7 Å². The summed E-state index contributed by atoms with van der Waals surface area (Å²) in [5, 5.41) is 3.54. The van der Waals surface area contributed by atoms with E-state index in [4.69, 9.17) is 0 Å². The van der Waals surface area contributed by atoms with Gasteiger partial charge in [-0.15, -0.1) is 0 Å². The Kier molecular flexibility index (Phi) is 3.17. The summed E-state index contributed by atoms with van der Waals surface area (Å²) in [5.41, 5.74) is 3.09. The van der Waals surface area contributed by atoms with E-state index in [2.05, 4.69) is 41.4 Å². The molecule has 1 saturated heterocycles. The second-order valence-electron chi connectivity index (χ2n) is 5.53. The predicted octanol–water partition coefficient (Wildman–Crippen LogP) is 2.04. The van der Waals surface area contributed by atoms with Gasteiger partial charge in [0.1, 0.15) is 0 Å². The zero-order valence-corrected chi connectivity index (χ0v) is 10.7. The van der Waals surface area contributed by atoms with Crippen LogP contribution >= 0.6 is 0 Å². The van der Waals surface area contributed by atoms with Gasteiger partial charge in [0.25, 0.3) is 0 Å². The summed E-state index contributed by atoms with van der Waals surface area (Å²) in [6, 6.07) is 9.65. The minimum atomic E-state index is 0.733. The SMILES string of the molecule is CC1CCNCC1N1CCc2ccccc2C1. The molecule has 2 aliphatic heterocycles. The largest absolute Gasteiger partial charge is 0.315 e. The van der Waals surface area contributed by atoms with E-state index in [9.17, 15) is 0 Å². The van der Waals surface area contributed by atoms with Crippen LogP contribution in [0.2, 0.25) is 0 Å². The number of hydrogen-bond acceptors (Lipinski definition) is 2. The standard InChI is InChI=1S/C15H22N2/c1-12-6-8-16-10-15(12)17-9-7-13-4-2-3-5-14(13)11-17/h2-5,12,15-16H,6-11H2,1H3. The molecule has 92 valence electrons. The van der Waals surface area contributed by atoms with E-state index in [0.29, 0.717) is 0 Å². The van der Waals surface area contributed by atoms with Crippen LogP contribution in [0.5, 0.6) is 0 Å². The van der Waals surface area contributed by atoms with E-state index in [1.54, 1.807) is 5.56 Å². The molecule has 3 rings (SSSR count). The molecule has 0 saturated carbocycles. The third-order valence-corrected chi connectivity index (χ3v) is 4.42. The maximum atomic E-state index is 3.54. The molecule has 2 aliphatic rings. The smallest absolute Gasteiger partial charge is 0.0250 e. The molecule has 2 atom stereocenters. The lowest BCUT2D eigenvalue weighted by molar-refractivity contribution is 0.109. The summed E-state index contributed by atoms with van der Waals surface area (Å²) >= 11 is 0. The molecule has 1 N–H and O–H groups in total. The lowest BCUT2D eigenvalue weighted by Gasteiger charge is -2.41. The highest BCUT2D eigenvalue weighted by molar-refractivity contribution is 5.29. The van der Waals surface area contributed by atoms with Crippen LogP contribution < -0.4 is 5.32 Å². The second kappa shape index (κ2) is 4.79. The van der Waals surface area contributed by atoms with Crippen LogP contribution in [0.1, 0.15) is 24.5 Å². The van der Waals surface area contributed by atoms with Crippen LogP contribution in [0.3, 0.4) is 0 Å². The van der Waals surface area contributed by atoms with Gasteiger partial charge in [0.2, 0.25) is 0 Å². The monoisotopic (exact) mass is 230 g/mol. The van der Waals surface area contributed by atoms with Gasteiger partial charge in [-0.05, 0) is 36.4 Å². The second-order valence-corrected chi connectivity index (χ2v) is 5.53. The Balaban J connectivity index is 1.75. The van der Waals surface area contributed by atoms with Crippen LogP contribution in [-0.2, 0) is 13.0 Å². The average molecular weight is 230 g/mol. The van der Waals surface area contributed by atoms with Gasteiger partial charge < -0.3 is 5.32 Å². The molecule has 17 heavy (non-hydrogen) atoms. The van der Waals surface area contributed by atoms with Crippen molar-refractivity contribution in [3.8, 4) is 0 Å². The van der Waals surface area contributed by atoms with Crippen molar-refractivity contribution in [3.05, 3.63) is 35.4 Å². The number of fused-ring (bicyclic) bond motifs is 1. The fraction of sp³-hybridized carbons (Fsp3) is 0.600. The van der Waals surface area contributed by atoms with Gasteiger partial charge >= 0.3 is 0 Å². The summed E-state index contributed by atoms with van der Waals surface area (Å²) < 4.78 is 0. The van der Waals surface area contributed by atoms with Gasteiger partial charge in [-0.3, -0.25) is 4.90 Å². The van der Waals surface area contributed by atoms with Gasteiger partial charge in [-0.25, -0.2) is 0 Å². The molecule has 0 aromatic heterocycles. The number of nitrogens with one attached hydrogen (secondary N) is 1. The minimum Gasteiger partial charge on any atom is -0.315 e. The zero-order chi connectivity index (χ0) is 11.7. The molecule has 2 heteroatoms. The molecule has 1 aromatic carbocycles. The molecule has 1 aromatic rings. The first-order chi connectivity index (χ1) is 8.34. The van der Waals surface area contributed by atoms with E-state index < -0.39 is 0 Å². The van der Waals surface area contributed by atoms with E-state index in [1.165, 1.54) is 38.0 Å². The molecular weight excluding hydrogens is 208 g/mol. The first kappa shape index (κ1) is 11.2. The Hall–Kier alpha value is -0.860. The van der Waals surface area contributed by atoms with Crippen LogP contribution in [0.25, 0.3) is 0 Å². The van der Waals surface area contributed by atoms with E-state index in [1.807, 2.05) is 0 Å². The summed E-state index contributed by atoms with van der Waals surface area (Å²) in [4.78, 5) is 2.68. The quantitative estimate of drug-likeness (QED) is 0.794. The van der Waals surface area contributed by atoms with Crippen molar-refractivity contribution in [1.29, 1.82) is 0 Å². The highest BCUT2D eigenvalue weighted by atomic mass is 15.2. The molecule has 0 amide bonds. The normalized spacial score (nSPS) is 29.9. The van der Waals surface area contributed by atoms with E-state index in [-0.39, 0.29) is 0 Å². The van der Waals surface area contributed by atoms with Gasteiger partial charge in [0.05, 0.1) is 0 Å². The molecule has 2 heterocycles. The number of hydrogen-bond donors (Lipinski definition) is 1. The van der Waals surface area contributed by atoms with Crippen LogP contribution in [0, 0.1) is 5.92 Å². The van der Waals surface area contributed by atoms with Crippen molar-refractivity contribution in [1.82, 2.24) is 10.2 Å². The third kappa shape index (κ3) is 2.24. The Morgan fingerprint density at radius 2 is 2.06 bits per heavy atom. The molecule has 0 aliphatic carbocycles.